The lowest BCUT2D eigenvalue weighted by Crippen LogP contribution is -2.46. The van der Waals surface area contributed by atoms with Crippen LogP contribution >= 0.6 is 0 Å². The third-order valence-corrected chi connectivity index (χ3v) is 8.56. The van der Waals surface area contributed by atoms with Crippen LogP contribution in [0.25, 0.3) is 0 Å². The van der Waals surface area contributed by atoms with Crippen LogP contribution in [0, 0.1) is 0 Å². The van der Waals surface area contributed by atoms with Crippen molar-refractivity contribution in [3.8, 4) is 5.75 Å². The Labute approximate surface area is 207 Å². The lowest BCUT2D eigenvalue weighted by Gasteiger charge is -2.29. The molecular weight excluding hydrogens is 466 g/mol. The monoisotopic (exact) mass is 499 g/mol. The van der Waals surface area contributed by atoms with E-state index in [1.165, 1.54) is 19.2 Å². The number of aliphatic carboxylic acids is 1. The summed E-state index contributed by atoms with van der Waals surface area (Å²) in [5, 5.41) is 16.8. The summed E-state index contributed by atoms with van der Waals surface area (Å²) in [4.78, 5) is 12.7. The normalized spacial score (nSPS) is 11.3. The van der Waals surface area contributed by atoms with E-state index < -0.39 is 20.6 Å². The van der Waals surface area contributed by atoms with E-state index in [-0.39, 0.29) is 17.7 Å². The predicted octanol–water partition coefficient (Wildman–Crippen LogP) is 4.67. The smallest absolute Gasteiger partial charge is 0.325 e. The van der Waals surface area contributed by atoms with Gasteiger partial charge in [0.1, 0.15) is 5.75 Å². The molecule has 8 heteroatoms. The Balaban J connectivity index is 0.00000210. The summed E-state index contributed by atoms with van der Waals surface area (Å²) in [5.41, 5.74) is 2.12. The second-order valence-corrected chi connectivity index (χ2v) is 10.4. The van der Waals surface area contributed by atoms with Gasteiger partial charge in [0.2, 0.25) is 0 Å². The van der Waals surface area contributed by atoms with Gasteiger partial charge in [-0.1, -0.05) is 60.7 Å². The van der Waals surface area contributed by atoms with E-state index in [1.54, 1.807) is 12.1 Å². The first kappa shape index (κ1) is 28.0. The number of sulfone groups is 1. The maximum Gasteiger partial charge on any atom is 0.325 e. The largest absolute Gasteiger partial charge is 0.497 e. The predicted molar refractivity (Wildman–Crippen MR) is 135 cm³/mol. The fourth-order valence-electron chi connectivity index (χ4n) is 4.15. The molecule has 0 bridgehead atoms. The Bertz CT molecular complexity index is 1090. The van der Waals surface area contributed by atoms with Crippen LogP contribution in [0.4, 0.5) is 0 Å². The lowest BCUT2D eigenvalue weighted by molar-refractivity contribution is -0.140. The quantitative estimate of drug-likeness (QED) is 0.309. The molecule has 3 aromatic rings. The van der Waals surface area contributed by atoms with Gasteiger partial charge in [-0.25, -0.2) is 14.3 Å². The molecule has 0 saturated heterocycles. The Morgan fingerprint density at radius 3 is 1.60 bits per heavy atom. The van der Waals surface area contributed by atoms with Gasteiger partial charge in [0, 0.05) is 0 Å². The van der Waals surface area contributed by atoms with Crippen molar-refractivity contribution in [1.29, 1.82) is 0 Å². The molecule has 0 fully saturated rings. The molecule has 0 unspecified atom stereocenters. The van der Waals surface area contributed by atoms with Gasteiger partial charge < -0.3 is 15.1 Å². The Morgan fingerprint density at radius 1 is 0.800 bits per heavy atom. The second-order valence-electron chi connectivity index (χ2n) is 8.16. The number of carboxylic acid groups (broad SMARTS) is 1. The van der Waals surface area contributed by atoms with Gasteiger partial charge in [-0.3, -0.25) is 4.79 Å². The summed E-state index contributed by atoms with van der Waals surface area (Å²) in [5.74, 6) is 2.72. The first-order valence-corrected chi connectivity index (χ1v) is 12.8. The number of rotatable bonds is 12. The van der Waals surface area contributed by atoms with E-state index in [0.29, 0.717) is 31.4 Å². The zero-order valence-electron chi connectivity index (χ0n) is 19.8. The van der Waals surface area contributed by atoms with Crippen LogP contribution in [0.3, 0.4) is 0 Å². The van der Waals surface area contributed by atoms with Gasteiger partial charge in [-0.05, 0) is 73.9 Å². The zero-order valence-corrected chi connectivity index (χ0v) is 20.7. The minimum absolute atomic E-state index is 0.00474. The van der Waals surface area contributed by atoms with E-state index >= 15 is 0 Å². The Hall–Kier alpha value is -3.20. The third kappa shape index (κ3) is 7.14. The molecular formula is C27H33NO6S. The molecule has 3 rings (SSSR count). The summed E-state index contributed by atoms with van der Waals surface area (Å²) in [6.45, 7) is 0. The van der Waals surface area contributed by atoms with E-state index in [1.807, 2.05) is 60.7 Å². The van der Waals surface area contributed by atoms with E-state index in [4.69, 9.17) is 9.94 Å². The summed E-state index contributed by atoms with van der Waals surface area (Å²) in [7, 11) is -2.65. The van der Waals surface area contributed by atoms with Gasteiger partial charge in [-0.2, -0.15) is 0 Å². The number of nitrogens with two attached hydrogens (primary N) is 1. The van der Waals surface area contributed by atoms with E-state index in [0.717, 1.165) is 11.1 Å². The number of methoxy groups -OCH3 is 1. The van der Waals surface area contributed by atoms with Gasteiger partial charge in [0.15, 0.2) is 14.6 Å². The van der Waals surface area contributed by atoms with E-state index in [2.05, 4.69) is 5.90 Å². The molecule has 0 atom stereocenters. The average molecular weight is 500 g/mol. The molecule has 0 radical (unpaired) electrons. The van der Waals surface area contributed by atoms with Crippen LogP contribution in [0.2, 0.25) is 0 Å². The zero-order chi connectivity index (χ0) is 25.7. The summed E-state index contributed by atoms with van der Waals surface area (Å²) in [6.07, 6.45) is 2.23. The van der Waals surface area contributed by atoms with Crippen LogP contribution in [0.15, 0.2) is 89.8 Å². The number of carboxylic acids is 1. The van der Waals surface area contributed by atoms with Gasteiger partial charge in [0.05, 0.1) is 12.0 Å². The van der Waals surface area contributed by atoms with Crippen LogP contribution < -0.4 is 10.6 Å². The van der Waals surface area contributed by atoms with Crippen LogP contribution in [0.1, 0.15) is 36.8 Å². The highest BCUT2D eigenvalue weighted by atomic mass is 32.2. The number of ether oxygens (including phenoxy) is 1. The molecule has 35 heavy (non-hydrogen) atoms. The van der Waals surface area contributed by atoms with Crippen LogP contribution in [-0.2, 0) is 27.5 Å². The van der Waals surface area contributed by atoms with Crippen molar-refractivity contribution >= 4 is 15.8 Å². The molecule has 0 saturated carbocycles. The van der Waals surface area contributed by atoms with Crippen molar-refractivity contribution in [2.24, 2.45) is 5.90 Å². The molecule has 0 aromatic heterocycles. The molecule has 4 N–H and O–H groups in total. The van der Waals surface area contributed by atoms with Crippen molar-refractivity contribution in [2.75, 3.05) is 7.11 Å². The molecule has 0 aliphatic carbocycles. The third-order valence-electron chi connectivity index (χ3n) is 6.05. The van der Waals surface area contributed by atoms with Gasteiger partial charge in [-0.15, -0.1) is 0 Å². The van der Waals surface area contributed by atoms with Crippen molar-refractivity contribution in [1.82, 2.24) is 0 Å². The molecule has 3 aromatic carbocycles. The molecule has 0 aliphatic rings. The fourth-order valence-corrected chi connectivity index (χ4v) is 6.15. The molecule has 0 heterocycles. The first-order valence-electron chi connectivity index (χ1n) is 11.3. The van der Waals surface area contributed by atoms with Crippen molar-refractivity contribution in [3.05, 3.63) is 96.1 Å². The number of hydrogen-bond acceptors (Lipinski definition) is 6. The highest BCUT2D eigenvalue weighted by Crippen LogP contribution is 2.36. The highest BCUT2D eigenvalue weighted by molar-refractivity contribution is 7.93. The summed E-state index contributed by atoms with van der Waals surface area (Å²) < 4.78 is 30.8. The van der Waals surface area contributed by atoms with Crippen LogP contribution in [-0.4, -0.2) is 36.6 Å². The molecule has 0 spiro atoms. The standard InChI is InChI=1S/C27H30O5S.H3NO/c1-32-24-16-18-25(19-17-24)33(30,31)27(26(28)29,20-8-14-22-10-4-2-5-11-22)21-9-15-23-12-6-3-7-13-23;1-2/h2-7,10-13,16-19H,8-9,14-15,20-21H2,1H3,(H,28,29);2H,1H2. The minimum Gasteiger partial charge on any atom is -0.497 e. The maximum absolute atomic E-state index is 13.8. The topological polar surface area (TPSA) is 127 Å². The summed E-state index contributed by atoms with van der Waals surface area (Å²) >= 11 is 0. The van der Waals surface area contributed by atoms with Crippen LogP contribution in [0.5, 0.6) is 5.75 Å². The number of carbonyl (C=O) groups is 1. The fraction of sp³-hybridized carbons (Fsp3) is 0.296. The maximum atomic E-state index is 13.8. The number of benzene rings is 3. The average Bonchev–Trinajstić information content (AvgIpc) is 2.90. The first-order chi connectivity index (χ1) is 16.9. The van der Waals surface area contributed by atoms with Crippen molar-refractivity contribution < 1.29 is 28.3 Å². The number of aryl methyl sites for hydroxylation is 2. The lowest BCUT2D eigenvalue weighted by atomic mass is 9.92. The molecule has 188 valence electrons. The van der Waals surface area contributed by atoms with Crippen molar-refractivity contribution in [3.63, 3.8) is 0 Å². The van der Waals surface area contributed by atoms with Gasteiger partial charge >= 0.3 is 5.97 Å². The van der Waals surface area contributed by atoms with Gasteiger partial charge in [0.25, 0.3) is 0 Å². The Morgan fingerprint density at radius 2 is 1.23 bits per heavy atom. The van der Waals surface area contributed by atoms with E-state index in [9.17, 15) is 18.3 Å². The second kappa shape index (κ2) is 13.6. The highest BCUT2D eigenvalue weighted by Gasteiger charge is 2.50. The Kier molecular flexibility index (Phi) is 10.9. The molecule has 0 amide bonds. The summed E-state index contributed by atoms with van der Waals surface area (Å²) in [6, 6.07) is 25.4. The molecule has 7 nitrogen and oxygen atoms in total. The number of hydrogen-bond donors (Lipinski definition) is 3. The molecule has 0 aliphatic heterocycles. The minimum atomic E-state index is -4.15. The SMILES string of the molecule is COc1ccc(S(=O)(=O)C(CCCc2ccccc2)(CCCc2ccccc2)C(=O)O)cc1.NO. The van der Waals surface area contributed by atoms with Crippen molar-refractivity contribution in [2.45, 2.75) is 48.2 Å².